The van der Waals surface area contributed by atoms with Gasteiger partial charge >= 0.3 is 0 Å². The van der Waals surface area contributed by atoms with Gasteiger partial charge in [-0.1, -0.05) is 13.3 Å². The van der Waals surface area contributed by atoms with Crippen LogP contribution < -0.4 is 10.6 Å². The Morgan fingerprint density at radius 3 is 2.78 bits per heavy atom. The van der Waals surface area contributed by atoms with Crippen LogP contribution in [0.3, 0.4) is 0 Å². The summed E-state index contributed by atoms with van der Waals surface area (Å²) >= 11 is 0. The zero-order valence-corrected chi connectivity index (χ0v) is 11.9. The van der Waals surface area contributed by atoms with E-state index in [2.05, 4.69) is 27.4 Å². The molecule has 0 aromatic carbocycles. The average molecular weight is 252 g/mol. The van der Waals surface area contributed by atoms with Gasteiger partial charge in [-0.3, -0.25) is 4.99 Å². The van der Waals surface area contributed by atoms with Gasteiger partial charge in [0, 0.05) is 32.7 Å². The Hall–Kier alpha value is -0.770. The fourth-order valence-electron chi connectivity index (χ4n) is 2.65. The number of hydrogen-bond donors (Lipinski definition) is 2. The maximum absolute atomic E-state index is 4.27. The van der Waals surface area contributed by atoms with Crippen molar-refractivity contribution in [2.24, 2.45) is 10.9 Å². The van der Waals surface area contributed by atoms with Gasteiger partial charge in [0.1, 0.15) is 0 Å². The molecule has 2 rings (SSSR count). The summed E-state index contributed by atoms with van der Waals surface area (Å²) in [5.74, 6) is 1.77. The maximum Gasteiger partial charge on any atom is 0.190 e. The minimum Gasteiger partial charge on any atom is -0.356 e. The van der Waals surface area contributed by atoms with Crippen LogP contribution in [-0.4, -0.2) is 50.1 Å². The summed E-state index contributed by atoms with van der Waals surface area (Å²) in [5, 5.41) is 6.83. The Morgan fingerprint density at radius 1 is 1.28 bits per heavy atom. The molecule has 1 saturated carbocycles. The van der Waals surface area contributed by atoms with Crippen LogP contribution in [-0.2, 0) is 0 Å². The molecule has 1 unspecified atom stereocenters. The van der Waals surface area contributed by atoms with Gasteiger partial charge in [0.25, 0.3) is 0 Å². The Balaban J connectivity index is 1.61. The lowest BCUT2D eigenvalue weighted by atomic mass is 10.1. The van der Waals surface area contributed by atoms with Crippen molar-refractivity contribution in [3.63, 3.8) is 0 Å². The molecule has 1 atom stereocenters. The van der Waals surface area contributed by atoms with Gasteiger partial charge in [0.2, 0.25) is 0 Å². The van der Waals surface area contributed by atoms with Crippen molar-refractivity contribution in [2.75, 3.05) is 33.2 Å². The summed E-state index contributed by atoms with van der Waals surface area (Å²) < 4.78 is 0. The van der Waals surface area contributed by atoms with Crippen LogP contribution in [0, 0.1) is 5.92 Å². The molecule has 4 nitrogen and oxygen atoms in total. The molecule has 0 bridgehead atoms. The molecule has 1 aliphatic heterocycles. The minimum absolute atomic E-state index is 0.801. The number of nitrogens with one attached hydrogen (secondary N) is 2. The van der Waals surface area contributed by atoms with Gasteiger partial charge in [-0.15, -0.1) is 0 Å². The molecule has 1 saturated heterocycles. The minimum atomic E-state index is 0.801. The topological polar surface area (TPSA) is 39.7 Å². The molecular formula is C14H28N4. The lowest BCUT2D eigenvalue weighted by Crippen LogP contribution is -2.40. The monoisotopic (exact) mass is 252 g/mol. The van der Waals surface area contributed by atoms with Crippen LogP contribution in [0.5, 0.6) is 0 Å². The first-order chi connectivity index (χ1) is 8.83. The smallest absolute Gasteiger partial charge is 0.190 e. The van der Waals surface area contributed by atoms with Gasteiger partial charge in [0.15, 0.2) is 5.96 Å². The third kappa shape index (κ3) is 4.16. The summed E-state index contributed by atoms with van der Waals surface area (Å²) in [6.07, 6.45) is 6.64. The zero-order chi connectivity index (χ0) is 12.8. The quantitative estimate of drug-likeness (QED) is 0.427. The fraction of sp³-hybridized carbons (Fsp3) is 0.929. The van der Waals surface area contributed by atoms with E-state index in [0.29, 0.717) is 0 Å². The SMILES string of the molecule is CCCCNC(=NC)NCC1CCN(C2CC2)C1. The van der Waals surface area contributed by atoms with E-state index in [0.717, 1.165) is 31.0 Å². The van der Waals surface area contributed by atoms with E-state index >= 15 is 0 Å². The molecule has 0 radical (unpaired) electrons. The van der Waals surface area contributed by atoms with E-state index in [9.17, 15) is 0 Å². The Labute approximate surface area is 111 Å². The van der Waals surface area contributed by atoms with Crippen molar-refractivity contribution in [1.82, 2.24) is 15.5 Å². The highest BCUT2D eigenvalue weighted by Crippen LogP contribution is 2.31. The fourth-order valence-corrected chi connectivity index (χ4v) is 2.65. The summed E-state index contributed by atoms with van der Waals surface area (Å²) in [4.78, 5) is 6.93. The Kier molecular flexibility index (Phi) is 5.29. The Bertz CT molecular complexity index is 273. The maximum atomic E-state index is 4.27. The van der Waals surface area contributed by atoms with Crippen molar-refractivity contribution < 1.29 is 0 Å². The molecule has 1 heterocycles. The lowest BCUT2D eigenvalue weighted by molar-refractivity contribution is 0.314. The first-order valence-electron chi connectivity index (χ1n) is 7.52. The normalized spacial score (nSPS) is 25.4. The summed E-state index contributed by atoms with van der Waals surface area (Å²) in [5.41, 5.74) is 0. The van der Waals surface area contributed by atoms with Gasteiger partial charge in [-0.25, -0.2) is 0 Å². The largest absolute Gasteiger partial charge is 0.356 e. The Morgan fingerprint density at radius 2 is 2.11 bits per heavy atom. The molecule has 1 aliphatic carbocycles. The molecule has 2 aliphatic rings. The summed E-state index contributed by atoms with van der Waals surface area (Å²) in [7, 11) is 1.85. The average Bonchev–Trinajstić information content (AvgIpc) is 3.13. The third-order valence-electron chi connectivity index (χ3n) is 3.99. The highest BCUT2D eigenvalue weighted by molar-refractivity contribution is 5.79. The highest BCUT2D eigenvalue weighted by Gasteiger charge is 2.34. The van der Waals surface area contributed by atoms with Crippen LogP contribution >= 0.6 is 0 Å². The van der Waals surface area contributed by atoms with E-state index in [1.165, 1.54) is 45.2 Å². The van der Waals surface area contributed by atoms with E-state index < -0.39 is 0 Å². The van der Waals surface area contributed by atoms with Crippen molar-refractivity contribution in [1.29, 1.82) is 0 Å². The number of unbranched alkanes of at least 4 members (excludes halogenated alkanes) is 1. The number of nitrogens with zero attached hydrogens (tertiary/aromatic N) is 2. The second-order valence-corrected chi connectivity index (χ2v) is 5.61. The first kappa shape index (κ1) is 13.7. The van der Waals surface area contributed by atoms with Gasteiger partial charge in [0.05, 0.1) is 0 Å². The van der Waals surface area contributed by atoms with Gasteiger partial charge in [-0.05, 0) is 38.1 Å². The van der Waals surface area contributed by atoms with Crippen LogP contribution in [0.4, 0.5) is 0 Å². The lowest BCUT2D eigenvalue weighted by Gasteiger charge is -2.17. The van der Waals surface area contributed by atoms with Crippen LogP contribution in [0.25, 0.3) is 0 Å². The van der Waals surface area contributed by atoms with Crippen molar-refractivity contribution in [3.8, 4) is 0 Å². The number of rotatable bonds is 6. The highest BCUT2D eigenvalue weighted by atomic mass is 15.2. The molecule has 104 valence electrons. The van der Waals surface area contributed by atoms with Crippen LogP contribution in [0.2, 0.25) is 0 Å². The summed E-state index contributed by atoms with van der Waals surface area (Å²) in [6.45, 7) is 6.88. The molecule has 2 N–H and O–H groups in total. The molecule has 0 spiro atoms. The van der Waals surface area contributed by atoms with E-state index in [1.807, 2.05) is 7.05 Å². The molecule has 0 aromatic rings. The van der Waals surface area contributed by atoms with Gasteiger partial charge in [-0.2, -0.15) is 0 Å². The standard InChI is InChI=1S/C14H28N4/c1-3-4-8-16-14(15-2)17-10-12-7-9-18(11-12)13-5-6-13/h12-13H,3-11H2,1-2H3,(H2,15,16,17). The summed E-state index contributed by atoms with van der Waals surface area (Å²) in [6, 6.07) is 0.928. The third-order valence-corrected chi connectivity index (χ3v) is 3.99. The number of guanidine groups is 1. The van der Waals surface area contributed by atoms with Crippen molar-refractivity contribution in [3.05, 3.63) is 0 Å². The van der Waals surface area contributed by atoms with E-state index in [4.69, 9.17) is 0 Å². The predicted octanol–water partition coefficient (Wildman–Crippen LogP) is 1.44. The van der Waals surface area contributed by atoms with Crippen molar-refractivity contribution >= 4 is 5.96 Å². The second-order valence-electron chi connectivity index (χ2n) is 5.61. The first-order valence-corrected chi connectivity index (χ1v) is 7.52. The van der Waals surface area contributed by atoms with Crippen molar-refractivity contribution in [2.45, 2.75) is 45.1 Å². The number of likely N-dealkylation sites (tertiary alicyclic amines) is 1. The van der Waals surface area contributed by atoms with Crippen LogP contribution in [0.15, 0.2) is 4.99 Å². The molecule has 18 heavy (non-hydrogen) atoms. The molecule has 0 aromatic heterocycles. The van der Waals surface area contributed by atoms with Crippen LogP contribution in [0.1, 0.15) is 39.0 Å². The predicted molar refractivity (Wildman–Crippen MR) is 77.0 cm³/mol. The second kappa shape index (κ2) is 6.98. The number of hydrogen-bond acceptors (Lipinski definition) is 2. The zero-order valence-electron chi connectivity index (χ0n) is 11.9. The molecule has 2 fully saturated rings. The molecular weight excluding hydrogens is 224 g/mol. The van der Waals surface area contributed by atoms with E-state index in [1.54, 1.807) is 0 Å². The van der Waals surface area contributed by atoms with E-state index in [-0.39, 0.29) is 0 Å². The number of aliphatic imine (C=N–C) groups is 1. The molecule has 4 heteroatoms. The molecule has 0 amide bonds. The van der Waals surface area contributed by atoms with Gasteiger partial charge < -0.3 is 15.5 Å².